The largest absolute Gasteiger partial charge is 0.310 e. The van der Waals surface area contributed by atoms with Crippen LogP contribution in [0.3, 0.4) is 0 Å². The van der Waals surface area contributed by atoms with Gasteiger partial charge in [-0.1, -0.05) is 6.07 Å². The first-order chi connectivity index (χ1) is 9.76. The lowest BCUT2D eigenvalue weighted by molar-refractivity contribution is 0.251. The van der Waals surface area contributed by atoms with Gasteiger partial charge in [0, 0.05) is 31.7 Å². The lowest BCUT2D eigenvalue weighted by atomic mass is 10.1. The van der Waals surface area contributed by atoms with Crippen LogP contribution in [-0.2, 0) is 6.54 Å². The molecule has 20 heavy (non-hydrogen) atoms. The van der Waals surface area contributed by atoms with Gasteiger partial charge in [0.25, 0.3) is 0 Å². The summed E-state index contributed by atoms with van der Waals surface area (Å²) in [5, 5.41) is 4.91. The molecule has 1 aromatic carbocycles. The Bertz CT molecular complexity index is 621. The summed E-state index contributed by atoms with van der Waals surface area (Å²) in [6, 6.07) is 8.25. The van der Waals surface area contributed by atoms with Gasteiger partial charge < -0.3 is 5.32 Å². The van der Waals surface area contributed by atoms with Gasteiger partial charge in [-0.25, -0.2) is 4.98 Å². The summed E-state index contributed by atoms with van der Waals surface area (Å²) >= 11 is 1.80. The second kappa shape index (κ2) is 5.10. The fourth-order valence-electron chi connectivity index (χ4n) is 3.60. The number of rotatable bonds is 2. The van der Waals surface area contributed by atoms with E-state index >= 15 is 0 Å². The number of nitrogens with one attached hydrogen (secondary N) is 1. The van der Waals surface area contributed by atoms with Crippen LogP contribution in [0.25, 0.3) is 10.2 Å². The maximum atomic E-state index is 4.54. The average molecular weight is 287 g/mol. The summed E-state index contributed by atoms with van der Waals surface area (Å²) in [5.41, 5.74) is 2.58. The van der Waals surface area contributed by atoms with E-state index in [0.717, 1.165) is 29.2 Å². The molecule has 1 aromatic heterocycles. The quantitative estimate of drug-likeness (QED) is 0.920. The molecule has 3 nitrogen and oxygen atoms in total. The maximum absolute atomic E-state index is 4.54. The molecule has 0 aliphatic carbocycles. The van der Waals surface area contributed by atoms with Crippen molar-refractivity contribution in [1.82, 2.24) is 15.2 Å². The first-order valence-corrected chi connectivity index (χ1v) is 8.42. The molecule has 3 heterocycles. The normalized spacial score (nSPS) is 27.1. The number of nitrogens with zero attached hydrogens (tertiary/aromatic N) is 2. The topological polar surface area (TPSA) is 28.2 Å². The van der Waals surface area contributed by atoms with Crippen molar-refractivity contribution < 1.29 is 0 Å². The molecule has 106 valence electrons. The van der Waals surface area contributed by atoms with E-state index in [9.17, 15) is 0 Å². The van der Waals surface area contributed by atoms with E-state index in [1.54, 1.807) is 11.3 Å². The van der Waals surface area contributed by atoms with Gasteiger partial charge in [0.05, 0.1) is 15.2 Å². The maximum Gasteiger partial charge on any atom is 0.0907 e. The van der Waals surface area contributed by atoms with E-state index in [-0.39, 0.29) is 0 Å². The number of likely N-dealkylation sites (tertiary alicyclic amines) is 1. The molecule has 2 aliphatic rings. The monoisotopic (exact) mass is 287 g/mol. The third-order valence-electron chi connectivity index (χ3n) is 4.57. The lowest BCUT2D eigenvalue weighted by Crippen LogP contribution is -2.34. The van der Waals surface area contributed by atoms with Gasteiger partial charge in [-0.3, -0.25) is 4.90 Å². The molecule has 2 unspecified atom stereocenters. The number of aryl methyl sites for hydroxylation is 1. The van der Waals surface area contributed by atoms with Crippen LogP contribution in [0.2, 0.25) is 0 Å². The van der Waals surface area contributed by atoms with E-state index in [4.69, 9.17) is 0 Å². The third-order valence-corrected chi connectivity index (χ3v) is 5.51. The molecular weight excluding hydrogens is 266 g/mol. The van der Waals surface area contributed by atoms with E-state index in [0.29, 0.717) is 0 Å². The van der Waals surface area contributed by atoms with Crippen LogP contribution in [0.1, 0.15) is 29.8 Å². The van der Waals surface area contributed by atoms with Crippen LogP contribution in [0, 0.1) is 6.92 Å². The molecule has 0 spiro atoms. The van der Waals surface area contributed by atoms with Crippen molar-refractivity contribution in [1.29, 1.82) is 0 Å². The van der Waals surface area contributed by atoms with Crippen molar-refractivity contribution in [2.75, 3.05) is 13.1 Å². The van der Waals surface area contributed by atoms with Gasteiger partial charge in [0.2, 0.25) is 0 Å². The van der Waals surface area contributed by atoms with Crippen molar-refractivity contribution in [3.05, 3.63) is 28.8 Å². The van der Waals surface area contributed by atoms with Crippen LogP contribution in [0.4, 0.5) is 0 Å². The van der Waals surface area contributed by atoms with Crippen LogP contribution in [-0.4, -0.2) is 35.1 Å². The molecule has 2 bridgehead atoms. The van der Waals surface area contributed by atoms with Crippen molar-refractivity contribution in [2.24, 2.45) is 0 Å². The minimum absolute atomic E-state index is 0.719. The summed E-state index contributed by atoms with van der Waals surface area (Å²) in [6.45, 7) is 5.60. The molecular formula is C16H21N3S. The van der Waals surface area contributed by atoms with Gasteiger partial charge in [-0.05, 0) is 43.9 Å². The highest BCUT2D eigenvalue weighted by Gasteiger charge is 2.29. The standard InChI is InChI=1S/C16H21N3S/c1-11-17-15-5-2-12(8-16(15)20-11)9-19-7-6-13-3-4-14(10-19)18-13/h2,5,8,13-14,18H,3-4,6-7,9-10H2,1H3. The van der Waals surface area contributed by atoms with E-state index in [2.05, 4.69) is 40.3 Å². The molecule has 2 aliphatic heterocycles. The molecule has 0 radical (unpaired) electrons. The highest BCUT2D eigenvalue weighted by atomic mass is 32.1. The van der Waals surface area contributed by atoms with Crippen LogP contribution < -0.4 is 5.32 Å². The Kier molecular flexibility index (Phi) is 3.25. The second-order valence-corrected chi connectivity index (χ2v) is 7.43. The average Bonchev–Trinajstić information content (AvgIpc) is 2.94. The van der Waals surface area contributed by atoms with Crippen molar-refractivity contribution >= 4 is 21.6 Å². The minimum Gasteiger partial charge on any atom is -0.310 e. The molecule has 2 atom stereocenters. The second-order valence-electron chi connectivity index (χ2n) is 6.20. The van der Waals surface area contributed by atoms with Gasteiger partial charge >= 0.3 is 0 Å². The van der Waals surface area contributed by atoms with E-state index in [1.807, 2.05) is 0 Å². The Balaban J connectivity index is 1.51. The molecule has 0 saturated carbocycles. The van der Waals surface area contributed by atoms with Crippen LogP contribution >= 0.6 is 11.3 Å². The Morgan fingerprint density at radius 3 is 3.15 bits per heavy atom. The molecule has 1 N–H and O–H groups in total. The summed E-state index contributed by atoms with van der Waals surface area (Å²) in [6.07, 6.45) is 4.04. The number of benzene rings is 1. The van der Waals surface area contributed by atoms with Crippen LogP contribution in [0.15, 0.2) is 18.2 Å². The van der Waals surface area contributed by atoms with Gasteiger partial charge in [-0.15, -0.1) is 11.3 Å². The predicted octanol–water partition coefficient (Wildman–Crippen LogP) is 2.93. The van der Waals surface area contributed by atoms with E-state index in [1.165, 1.54) is 42.6 Å². The summed E-state index contributed by atoms with van der Waals surface area (Å²) in [7, 11) is 0. The van der Waals surface area contributed by atoms with Gasteiger partial charge in [0.1, 0.15) is 0 Å². The fourth-order valence-corrected chi connectivity index (χ4v) is 4.49. The van der Waals surface area contributed by atoms with Gasteiger partial charge in [-0.2, -0.15) is 0 Å². The summed E-state index contributed by atoms with van der Waals surface area (Å²) in [5.74, 6) is 0. The number of fused-ring (bicyclic) bond motifs is 3. The van der Waals surface area contributed by atoms with E-state index < -0.39 is 0 Å². The zero-order chi connectivity index (χ0) is 13.5. The predicted molar refractivity (Wildman–Crippen MR) is 84.2 cm³/mol. The smallest absolute Gasteiger partial charge is 0.0907 e. The van der Waals surface area contributed by atoms with Crippen molar-refractivity contribution in [3.8, 4) is 0 Å². The number of hydrogen-bond acceptors (Lipinski definition) is 4. The van der Waals surface area contributed by atoms with Crippen LogP contribution in [0.5, 0.6) is 0 Å². The Morgan fingerprint density at radius 2 is 2.20 bits per heavy atom. The first-order valence-electron chi connectivity index (χ1n) is 7.61. The minimum atomic E-state index is 0.719. The molecule has 4 rings (SSSR count). The Hall–Kier alpha value is -0.970. The summed E-state index contributed by atoms with van der Waals surface area (Å²) in [4.78, 5) is 7.16. The SMILES string of the molecule is Cc1nc2ccc(CN3CCC4CCC(C3)N4)cc2s1. The number of aromatic nitrogens is 1. The van der Waals surface area contributed by atoms with Crippen molar-refractivity contribution in [2.45, 2.75) is 44.8 Å². The zero-order valence-electron chi connectivity index (χ0n) is 11.9. The molecule has 0 amide bonds. The lowest BCUT2D eigenvalue weighted by Gasteiger charge is -2.23. The number of thiazole rings is 1. The highest BCUT2D eigenvalue weighted by Crippen LogP contribution is 2.25. The first kappa shape index (κ1) is 12.7. The Labute approximate surface area is 124 Å². The van der Waals surface area contributed by atoms with Gasteiger partial charge in [0.15, 0.2) is 0 Å². The highest BCUT2D eigenvalue weighted by molar-refractivity contribution is 7.18. The molecule has 2 aromatic rings. The molecule has 2 saturated heterocycles. The molecule has 2 fully saturated rings. The number of hydrogen-bond donors (Lipinski definition) is 1. The zero-order valence-corrected chi connectivity index (χ0v) is 12.7. The third kappa shape index (κ3) is 2.48. The fraction of sp³-hybridized carbons (Fsp3) is 0.562. The Morgan fingerprint density at radius 1 is 1.30 bits per heavy atom. The van der Waals surface area contributed by atoms with Crippen molar-refractivity contribution in [3.63, 3.8) is 0 Å². The summed E-state index contributed by atoms with van der Waals surface area (Å²) < 4.78 is 1.33. The molecule has 4 heteroatoms.